The average molecular weight is 469 g/mol. The molecule has 0 bridgehead atoms. The lowest BCUT2D eigenvalue weighted by Gasteiger charge is -2.18. The highest BCUT2D eigenvalue weighted by Gasteiger charge is 2.33. The quantitative estimate of drug-likeness (QED) is 0.244. The summed E-state index contributed by atoms with van der Waals surface area (Å²) in [6, 6.07) is 12.7. The van der Waals surface area contributed by atoms with Gasteiger partial charge < -0.3 is 30.5 Å². The van der Waals surface area contributed by atoms with Crippen LogP contribution in [0.1, 0.15) is 11.1 Å². The summed E-state index contributed by atoms with van der Waals surface area (Å²) in [5, 5.41) is 1.79. The second-order valence-corrected chi connectivity index (χ2v) is 9.15. The zero-order valence-electron chi connectivity index (χ0n) is 17.6. The maximum absolute atomic E-state index is 12.4. The van der Waals surface area contributed by atoms with Crippen molar-refractivity contribution in [3.05, 3.63) is 72.1 Å². The Morgan fingerprint density at radius 3 is 1.61 bits per heavy atom. The van der Waals surface area contributed by atoms with Gasteiger partial charge in [0.1, 0.15) is 12.1 Å². The van der Waals surface area contributed by atoms with E-state index in [4.69, 9.17) is 26.0 Å². The molecule has 0 saturated carbocycles. The predicted octanol–water partition coefficient (Wildman–Crippen LogP) is 2.24. The summed E-state index contributed by atoms with van der Waals surface area (Å²) in [4.78, 5) is 30.8. The van der Waals surface area contributed by atoms with E-state index in [0.29, 0.717) is 0 Å². The van der Waals surface area contributed by atoms with E-state index in [2.05, 4.69) is 9.97 Å². The van der Waals surface area contributed by atoms with Crippen LogP contribution in [0.2, 0.25) is 0 Å². The first-order valence-corrected chi connectivity index (χ1v) is 11.8. The van der Waals surface area contributed by atoms with Crippen molar-refractivity contribution in [2.75, 3.05) is 0 Å². The Morgan fingerprint density at radius 2 is 1.18 bits per heavy atom. The van der Waals surface area contributed by atoms with E-state index in [9.17, 15) is 14.2 Å². The van der Waals surface area contributed by atoms with Crippen molar-refractivity contribution in [2.45, 2.75) is 24.9 Å². The number of aromatic amines is 2. The molecule has 8 N–H and O–H groups in total. The van der Waals surface area contributed by atoms with Crippen molar-refractivity contribution >= 4 is 41.5 Å². The Balaban J connectivity index is 1.34. The molecule has 0 radical (unpaired) electrons. The highest BCUT2D eigenvalue weighted by molar-refractivity contribution is 7.52. The molecule has 0 aliphatic heterocycles. The molecule has 2 aromatic heterocycles. The fraction of sp³-hybridized carbons (Fsp3) is 0.182. The van der Waals surface area contributed by atoms with Crippen LogP contribution in [0.5, 0.6) is 0 Å². The summed E-state index contributed by atoms with van der Waals surface area (Å²) in [5.74, 6) is -2.10. The smallest absolute Gasteiger partial charge is 0.370 e. The summed E-state index contributed by atoms with van der Waals surface area (Å²) in [6.45, 7) is 0. The molecule has 4 aromatic rings. The van der Waals surface area contributed by atoms with Crippen molar-refractivity contribution < 1.29 is 23.2 Å². The van der Waals surface area contributed by atoms with Crippen LogP contribution in [-0.2, 0) is 36.0 Å². The van der Waals surface area contributed by atoms with Crippen LogP contribution < -0.4 is 17.0 Å². The number of H-pyrrole nitrogens is 2. The molecule has 0 spiro atoms. The number of aromatic nitrogens is 2. The lowest BCUT2D eigenvalue weighted by atomic mass is 10.1. The lowest BCUT2D eigenvalue weighted by Crippen LogP contribution is -2.37. The van der Waals surface area contributed by atoms with E-state index < -0.39 is 31.8 Å². The number of nitrogens with one attached hydrogen (secondary N) is 2. The molecule has 172 valence electrons. The summed E-state index contributed by atoms with van der Waals surface area (Å²) >= 11 is 0. The number of para-hydroxylation sites is 2. The van der Waals surface area contributed by atoms with Gasteiger partial charge in [-0.2, -0.15) is 0 Å². The SMILES string of the molecule is N[C@H](Cc1c[nH]c2ccccc12)C(=O)OP(N)(=O)OC(=O)[C@H](N)Cc1c[nH]c2ccccc12. The number of carbonyl (C=O) groups excluding carboxylic acids is 2. The molecular formula is C22H24N5O5P. The van der Waals surface area contributed by atoms with E-state index in [1.807, 2.05) is 48.5 Å². The third kappa shape index (κ3) is 5.15. The van der Waals surface area contributed by atoms with E-state index in [1.165, 1.54) is 0 Å². The topological polar surface area (TPSA) is 179 Å². The minimum absolute atomic E-state index is 0.108. The zero-order chi connectivity index (χ0) is 23.6. The van der Waals surface area contributed by atoms with Gasteiger partial charge in [-0.1, -0.05) is 36.4 Å². The van der Waals surface area contributed by atoms with Crippen molar-refractivity contribution in [3.63, 3.8) is 0 Å². The lowest BCUT2D eigenvalue weighted by molar-refractivity contribution is -0.140. The molecule has 33 heavy (non-hydrogen) atoms. The van der Waals surface area contributed by atoms with E-state index in [0.717, 1.165) is 32.9 Å². The molecule has 2 heterocycles. The van der Waals surface area contributed by atoms with Crippen LogP contribution in [0.25, 0.3) is 21.8 Å². The van der Waals surface area contributed by atoms with Gasteiger partial charge in [0.25, 0.3) is 0 Å². The van der Waals surface area contributed by atoms with Crippen LogP contribution in [0.4, 0.5) is 0 Å². The predicted molar refractivity (Wildman–Crippen MR) is 124 cm³/mol. The minimum atomic E-state index is -4.56. The number of hydrogen-bond acceptors (Lipinski definition) is 7. The Kier molecular flexibility index (Phi) is 6.35. The molecule has 0 amide bonds. The monoisotopic (exact) mass is 469 g/mol. The zero-order valence-corrected chi connectivity index (χ0v) is 18.5. The summed E-state index contributed by atoms with van der Waals surface area (Å²) < 4.78 is 21.9. The summed E-state index contributed by atoms with van der Waals surface area (Å²) in [6.07, 6.45) is 3.67. The normalized spacial score (nSPS) is 13.7. The molecule has 0 saturated heterocycles. The standard InChI is InChI=1S/C22H24N5O5P/c23-17(9-13-11-26-19-7-3-1-5-15(13)19)21(28)31-33(25,30)32-22(29)18(24)10-14-12-27-20-8-4-2-6-16(14)20/h1-8,11-12,17-18,26-27H,9-10,23-24H2,(H2,25,30)/t17-,18-/m1/s1. The molecule has 2 atom stereocenters. The van der Waals surface area contributed by atoms with Gasteiger partial charge in [0.15, 0.2) is 0 Å². The number of nitrogens with two attached hydrogens (primary N) is 3. The number of fused-ring (bicyclic) bond motifs is 2. The Labute approximate surface area is 189 Å². The first-order chi connectivity index (χ1) is 15.7. The number of carbonyl (C=O) groups is 2. The Morgan fingerprint density at radius 1 is 0.788 bits per heavy atom. The van der Waals surface area contributed by atoms with E-state index in [-0.39, 0.29) is 12.8 Å². The van der Waals surface area contributed by atoms with Crippen LogP contribution in [0, 0.1) is 0 Å². The van der Waals surface area contributed by atoms with Gasteiger partial charge in [-0.15, -0.1) is 0 Å². The van der Waals surface area contributed by atoms with Gasteiger partial charge >= 0.3 is 19.7 Å². The maximum Gasteiger partial charge on any atom is 0.514 e. The highest BCUT2D eigenvalue weighted by atomic mass is 31.2. The average Bonchev–Trinajstić information content (AvgIpc) is 3.37. The molecule has 4 rings (SSSR count). The highest BCUT2D eigenvalue weighted by Crippen LogP contribution is 2.40. The van der Waals surface area contributed by atoms with Gasteiger partial charge in [0.2, 0.25) is 0 Å². The number of hydrogen-bond donors (Lipinski definition) is 5. The van der Waals surface area contributed by atoms with Crippen molar-refractivity contribution in [2.24, 2.45) is 17.0 Å². The third-order valence-corrected chi connectivity index (χ3v) is 6.14. The van der Waals surface area contributed by atoms with Crippen molar-refractivity contribution in [3.8, 4) is 0 Å². The molecule has 0 aliphatic carbocycles. The minimum Gasteiger partial charge on any atom is -0.370 e. The van der Waals surface area contributed by atoms with Crippen molar-refractivity contribution in [1.29, 1.82) is 0 Å². The fourth-order valence-corrected chi connectivity index (χ4v) is 4.46. The fourth-order valence-electron chi connectivity index (χ4n) is 3.65. The van der Waals surface area contributed by atoms with E-state index >= 15 is 0 Å². The Bertz CT molecular complexity index is 1260. The van der Waals surface area contributed by atoms with Crippen molar-refractivity contribution in [1.82, 2.24) is 9.97 Å². The Hall–Kier alpha value is -3.43. The van der Waals surface area contributed by atoms with E-state index in [1.54, 1.807) is 12.4 Å². The molecule has 0 unspecified atom stereocenters. The summed E-state index contributed by atoms with van der Waals surface area (Å²) in [5.41, 5.74) is 20.6. The second-order valence-electron chi connectivity index (χ2n) is 7.70. The first-order valence-electron chi connectivity index (χ1n) is 10.2. The molecule has 10 nitrogen and oxygen atoms in total. The largest absolute Gasteiger partial charge is 0.514 e. The van der Waals surface area contributed by atoms with Gasteiger partial charge in [-0.05, 0) is 23.3 Å². The van der Waals surface area contributed by atoms with Gasteiger partial charge in [-0.25, -0.2) is 19.7 Å². The molecule has 2 aromatic carbocycles. The first kappa shape index (κ1) is 22.8. The third-order valence-electron chi connectivity index (χ3n) is 5.27. The van der Waals surface area contributed by atoms with Gasteiger partial charge in [0, 0.05) is 47.0 Å². The summed E-state index contributed by atoms with van der Waals surface area (Å²) in [7, 11) is -4.56. The van der Waals surface area contributed by atoms with Crippen LogP contribution in [-0.4, -0.2) is 34.0 Å². The molecule has 0 aliphatic rings. The second kappa shape index (κ2) is 9.21. The molecular weight excluding hydrogens is 445 g/mol. The molecule has 0 fully saturated rings. The van der Waals surface area contributed by atoms with Crippen LogP contribution >= 0.6 is 7.75 Å². The number of rotatable bonds is 8. The molecule has 11 heteroatoms. The van der Waals surface area contributed by atoms with Gasteiger partial charge in [0.05, 0.1) is 0 Å². The van der Waals surface area contributed by atoms with Crippen LogP contribution in [0.3, 0.4) is 0 Å². The van der Waals surface area contributed by atoms with Crippen LogP contribution in [0.15, 0.2) is 60.9 Å². The maximum atomic E-state index is 12.4. The van der Waals surface area contributed by atoms with Gasteiger partial charge in [-0.3, -0.25) is 0 Å². The number of benzene rings is 2.